The molecule has 16 heavy (non-hydrogen) atoms. The van der Waals surface area contributed by atoms with Crippen LogP contribution < -0.4 is 10.6 Å². The highest BCUT2D eigenvalue weighted by Crippen LogP contribution is 2.14. The molecular formula is C12H22Br2N2. The van der Waals surface area contributed by atoms with Crippen molar-refractivity contribution in [2.75, 3.05) is 24.5 Å². The third-order valence-corrected chi connectivity index (χ3v) is 2.50. The maximum absolute atomic E-state index is 5.50. The van der Waals surface area contributed by atoms with Crippen molar-refractivity contribution in [2.24, 2.45) is 5.73 Å². The SMILES string of the molecule is Br.Br.CCN(CC)c1ccc(CCN)cc1. The van der Waals surface area contributed by atoms with E-state index in [2.05, 4.69) is 43.0 Å². The fourth-order valence-electron chi connectivity index (χ4n) is 1.63. The Bertz CT molecular complexity index is 258. The van der Waals surface area contributed by atoms with Gasteiger partial charge in [0.2, 0.25) is 0 Å². The van der Waals surface area contributed by atoms with Crippen LogP contribution in [0.3, 0.4) is 0 Å². The summed E-state index contributed by atoms with van der Waals surface area (Å²) in [4.78, 5) is 2.34. The summed E-state index contributed by atoms with van der Waals surface area (Å²) in [5.41, 5.74) is 8.12. The van der Waals surface area contributed by atoms with E-state index in [1.54, 1.807) is 0 Å². The van der Waals surface area contributed by atoms with Gasteiger partial charge in [-0.1, -0.05) is 12.1 Å². The molecule has 0 aromatic heterocycles. The van der Waals surface area contributed by atoms with Gasteiger partial charge in [0, 0.05) is 18.8 Å². The van der Waals surface area contributed by atoms with Gasteiger partial charge in [-0.3, -0.25) is 0 Å². The van der Waals surface area contributed by atoms with Gasteiger partial charge in [0.15, 0.2) is 0 Å². The van der Waals surface area contributed by atoms with Crippen molar-refractivity contribution < 1.29 is 0 Å². The Morgan fingerprint density at radius 2 is 1.50 bits per heavy atom. The number of anilines is 1. The van der Waals surface area contributed by atoms with Gasteiger partial charge in [-0.25, -0.2) is 0 Å². The summed E-state index contributed by atoms with van der Waals surface area (Å²) in [6.45, 7) is 7.21. The van der Waals surface area contributed by atoms with E-state index in [1.807, 2.05) is 0 Å². The van der Waals surface area contributed by atoms with E-state index >= 15 is 0 Å². The zero-order valence-corrected chi connectivity index (χ0v) is 13.4. The molecule has 0 aliphatic rings. The Morgan fingerprint density at radius 3 is 1.88 bits per heavy atom. The molecule has 1 aromatic carbocycles. The number of rotatable bonds is 5. The fraction of sp³-hybridized carbons (Fsp3) is 0.500. The molecule has 94 valence electrons. The summed E-state index contributed by atoms with van der Waals surface area (Å²) in [7, 11) is 0. The monoisotopic (exact) mass is 352 g/mol. The van der Waals surface area contributed by atoms with Crippen molar-refractivity contribution >= 4 is 39.7 Å². The van der Waals surface area contributed by atoms with Crippen LogP contribution >= 0.6 is 34.0 Å². The van der Waals surface area contributed by atoms with Crippen molar-refractivity contribution in [3.05, 3.63) is 29.8 Å². The number of hydrogen-bond acceptors (Lipinski definition) is 2. The predicted molar refractivity (Wildman–Crippen MR) is 83.4 cm³/mol. The van der Waals surface area contributed by atoms with Crippen LogP contribution in [0.1, 0.15) is 19.4 Å². The molecule has 0 radical (unpaired) electrons. The number of nitrogens with zero attached hydrogens (tertiary/aromatic N) is 1. The van der Waals surface area contributed by atoms with Gasteiger partial charge in [0.05, 0.1) is 0 Å². The molecule has 4 heteroatoms. The molecule has 1 rings (SSSR count). The molecule has 0 heterocycles. The first-order valence-corrected chi connectivity index (χ1v) is 5.35. The van der Waals surface area contributed by atoms with Crippen LogP contribution in [0.4, 0.5) is 5.69 Å². The average molecular weight is 354 g/mol. The van der Waals surface area contributed by atoms with Crippen LogP contribution in [-0.4, -0.2) is 19.6 Å². The molecule has 0 amide bonds. The first kappa shape index (κ1) is 18.3. The maximum Gasteiger partial charge on any atom is 0.0366 e. The van der Waals surface area contributed by atoms with Gasteiger partial charge < -0.3 is 10.6 Å². The van der Waals surface area contributed by atoms with Gasteiger partial charge in [0.25, 0.3) is 0 Å². The minimum Gasteiger partial charge on any atom is -0.372 e. The van der Waals surface area contributed by atoms with Gasteiger partial charge >= 0.3 is 0 Å². The van der Waals surface area contributed by atoms with Gasteiger partial charge in [-0.2, -0.15) is 0 Å². The Kier molecular flexibility index (Phi) is 11.6. The summed E-state index contributed by atoms with van der Waals surface area (Å²) in [6.07, 6.45) is 0.971. The van der Waals surface area contributed by atoms with Crippen LogP contribution in [0, 0.1) is 0 Å². The van der Waals surface area contributed by atoms with Crippen molar-refractivity contribution in [1.29, 1.82) is 0 Å². The smallest absolute Gasteiger partial charge is 0.0366 e. The lowest BCUT2D eigenvalue weighted by Crippen LogP contribution is -2.21. The lowest BCUT2D eigenvalue weighted by Gasteiger charge is -2.21. The Hall–Kier alpha value is -0.0600. The molecule has 0 atom stereocenters. The molecule has 0 unspecified atom stereocenters. The summed E-state index contributed by atoms with van der Waals surface area (Å²) < 4.78 is 0. The molecule has 2 N–H and O–H groups in total. The van der Waals surface area contributed by atoms with Crippen molar-refractivity contribution in [1.82, 2.24) is 0 Å². The molecule has 0 aliphatic carbocycles. The normalized spacial score (nSPS) is 8.94. The third-order valence-electron chi connectivity index (χ3n) is 2.50. The minimum atomic E-state index is 0. The number of hydrogen-bond donors (Lipinski definition) is 1. The zero-order chi connectivity index (χ0) is 10.4. The Morgan fingerprint density at radius 1 is 1.00 bits per heavy atom. The molecule has 1 aromatic rings. The van der Waals surface area contributed by atoms with E-state index in [9.17, 15) is 0 Å². The molecule has 0 saturated heterocycles. The quantitative estimate of drug-likeness (QED) is 0.880. The summed E-state index contributed by atoms with van der Waals surface area (Å²) >= 11 is 0. The lowest BCUT2D eigenvalue weighted by molar-refractivity contribution is 0.865. The fourth-order valence-corrected chi connectivity index (χ4v) is 1.63. The van der Waals surface area contributed by atoms with E-state index in [0.717, 1.165) is 26.1 Å². The van der Waals surface area contributed by atoms with Crippen LogP contribution in [0.15, 0.2) is 24.3 Å². The predicted octanol–water partition coefficient (Wildman–Crippen LogP) is 3.19. The molecular weight excluding hydrogens is 332 g/mol. The number of halogens is 2. The zero-order valence-electron chi connectivity index (χ0n) is 9.98. The molecule has 0 fully saturated rings. The second-order valence-corrected chi connectivity index (χ2v) is 3.38. The number of benzene rings is 1. The van der Waals surface area contributed by atoms with Crippen molar-refractivity contribution in [3.8, 4) is 0 Å². The third kappa shape index (κ3) is 5.32. The highest BCUT2D eigenvalue weighted by atomic mass is 79.9. The first-order valence-electron chi connectivity index (χ1n) is 5.35. The topological polar surface area (TPSA) is 29.3 Å². The second kappa shape index (κ2) is 10.1. The van der Waals surface area contributed by atoms with Crippen molar-refractivity contribution in [3.63, 3.8) is 0 Å². The minimum absolute atomic E-state index is 0. The van der Waals surface area contributed by atoms with Crippen LogP contribution in [-0.2, 0) is 6.42 Å². The standard InChI is InChI=1S/C12H20N2.2BrH/c1-3-14(4-2)12-7-5-11(6-8-12)9-10-13;;/h5-8H,3-4,9-10,13H2,1-2H3;2*1H. The van der Waals surface area contributed by atoms with E-state index in [-0.39, 0.29) is 34.0 Å². The first-order chi connectivity index (χ1) is 6.81. The summed E-state index contributed by atoms with van der Waals surface area (Å²) in [5, 5.41) is 0. The van der Waals surface area contributed by atoms with Crippen LogP contribution in [0.2, 0.25) is 0 Å². The summed E-state index contributed by atoms with van der Waals surface area (Å²) in [6, 6.07) is 8.69. The van der Waals surface area contributed by atoms with Gasteiger partial charge in [0.1, 0.15) is 0 Å². The van der Waals surface area contributed by atoms with Gasteiger partial charge in [-0.05, 0) is 44.5 Å². The van der Waals surface area contributed by atoms with Crippen LogP contribution in [0.25, 0.3) is 0 Å². The van der Waals surface area contributed by atoms with E-state index in [4.69, 9.17) is 5.73 Å². The van der Waals surface area contributed by atoms with E-state index in [0.29, 0.717) is 0 Å². The van der Waals surface area contributed by atoms with Crippen LogP contribution in [0.5, 0.6) is 0 Å². The molecule has 0 saturated carbocycles. The highest BCUT2D eigenvalue weighted by Gasteiger charge is 2.00. The summed E-state index contributed by atoms with van der Waals surface area (Å²) in [5.74, 6) is 0. The molecule has 0 bridgehead atoms. The van der Waals surface area contributed by atoms with Gasteiger partial charge in [-0.15, -0.1) is 34.0 Å². The molecule has 2 nitrogen and oxygen atoms in total. The highest BCUT2D eigenvalue weighted by molar-refractivity contribution is 8.93. The largest absolute Gasteiger partial charge is 0.372 e. The number of nitrogens with two attached hydrogens (primary N) is 1. The molecule has 0 spiro atoms. The molecule has 0 aliphatic heterocycles. The van der Waals surface area contributed by atoms with Crippen molar-refractivity contribution in [2.45, 2.75) is 20.3 Å². The Labute approximate surface area is 120 Å². The second-order valence-electron chi connectivity index (χ2n) is 3.38. The lowest BCUT2D eigenvalue weighted by atomic mass is 10.1. The maximum atomic E-state index is 5.50. The van der Waals surface area contributed by atoms with E-state index in [1.165, 1.54) is 11.3 Å². The Balaban J connectivity index is 0. The van der Waals surface area contributed by atoms with E-state index < -0.39 is 0 Å². The average Bonchev–Trinajstić information content (AvgIpc) is 2.23.